The molecule has 3 N–H and O–H groups in total. The van der Waals surface area contributed by atoms with E-state index in [1.54, 1.807) is 25.1 Å². The fourth-order valence-corrected chi connectivity index (χ4v) is 3.52. The van der Waals surface area contributed by atoms with Crippen molar-refractivity contribution < 1.29 is 32.2 Å². The van der Waals surface area contributed by atoms with E-state index in [2.05, 4.69) is 15.0 Å². The second-order valence-corrected chi connectivity index (χ2v) is 7.20. The fourth-order valence-electron chi connectivity index (χ4n) is 3.52. The Labute approximate surface area is 179 Å². The Morgan fingerprint density at radius 3 is 2.81 bits per heavy atom. The fraction of sp³-hybridized carbons (Fsp3) is 0.368. The number of aromatic nitrogens is 2. The minimum Gasteiger partial charge on any atom is -0.491 e. The zero-order valence-electron chi connectivity index (χ0n) is 16.6. The number of hydrogen-bond acceptors (Lipinski definition) is 7. The first-order chi connectivity index (χ1) is 15.1. The second kappa shape index (κ2) is 7.63. The van der Waals surface area contributed by atoms with Crippen LogP contribution in [0, 0.1) is 11.3 Å². The van der Waals surface area contributed by atoms with Gasteiger partial charge in [-0.25, -0.2) is 14.7 Å². The Bertz CT molecular complexity index is 1140. The number of benzene rings is 1. The highest BCUT2D eigenvalue weighted by Gasteiger charge is 2.53. The normalized spacial score (nSPS) is 18.5. The van der Waals surface area contributed by atoms with Crippen LogP contribution in [0.3, 0.4) is 0 Å². The number of imidazole rings is 1. The molecule has 10 nitrogen and oxygen atoms in total. The third-order valence-corrected chi connectivity index (χ3v) is 5.14. The highest BCUT2D eigenvalue weighted by atomic mass is 19.4. The van der Waals surface area contributed by atoms with Gasteiger partial charge in [0.1, 0.15) is 36.9 Å². The van der Waals surface area contributed by atoms with Gasteiger partial charge < -0.3 is 25.1 Å². The SMILES string of the molecule is CC(Nc1ccc2c(c1)OCCn1c-2nc(N2C(=O)OC[C@H]2C(F)(F)F)c1C#N)C(N)=O. The van der Waals surface area contributed by atoms with E-state index in [0.29, 0.717) is 21.9 Å². The van der Waals surface area contributed by atoms with E-state index >= 15 is 0 Å². The lowest BCUT2D eigenvalue weighted by Crippen LogP contribution is -2.44. The third kappa shape index (κ3) is 3.53. The summed E-state index contributed by atoms with van der Waals surface area (Å²) in [6.07, 6.45) is -5.99. The third-order valence-electron chi connectivity index (χ3n) is 5.14. The molecular weight excluding hydrogens is 433 g/mol. The van der Waals surface area contributed by atoms with Crippen molar-refractivity contribution in [1.82, 2.24) is 9.55 Å². The number of amides is 2. The topological polar surface area (TPSA) is 136 Å². The van der Waals surface area contributed by atoms with Crippen LogP contribution in [0.4, 0.5) is 29.5 Å². The summed E-state index contributed by atoms with van der Waals surface area (Å²) in [6.45, 7) is 0.897. The van der Waals surface area contributed by atoms with Gasteiger partial charge >= 0.3 is 12.3 Å². The van der Waals surface area contributed by atoms with Crippen LogP contribution in [-0.4, -0.2) is 53.0 Å². The van der Waals surface area contributed by atoms with Crippen molar-refractivity contribution in [3.05, 3.63) is 23.9 Å². The van der Waals surface area contributed by atoms with E-state index in [1.165, 1.54) is 4.57 Å². The molecule has 2 amide bonds. The molecule has 2 aliphatic rings. The minimum absolute atomic E-state index is 0.0897. The maximum Gasteiger partial charge on any atom is 0.416 e. The number of carbonyl (C=O) groups excluding carboxylic acids is 2. The Balaban J connectivity index is 1.79. The monoisotopic (exact) mass is 450 g/mol. The molecule has 13 heteroatoms. The Morgan fingerprint density at radius 2 is 2.16 bits per heavy atom. The van der Waals surface area contributed by atoms with Crippen molar-refractivity contribution in [2.75, 3.05) is 23.4 Å². The number of nitrogens with two attached hydrogens (primary N) is 1. The highest BCUT2D eigenvalue weighted by molar-refractivity contribution is 5.91. The van der Waals surface area contributed by atoms with Crippen LogP contribution in [0.1, 0.15) is 12.6 Å². The zero-order chi connectivity index (χ0) is 23.2. The lowest BCUT2D eigenvalue weighted by Gasteiger charge is -2.21. The van der Waals surface area contributed by atoms with E-state index in [-0.39, 0.29) is 24.7 Å². The van der Waals surface area contributed by atoms with E-state index in [1.807, 2.05) is 6.07 Å². The summed E-state index contributed by atoms with van der Waals surface area (Å²) in [7, 11) is 0. The van der Waals surface area contributed by atoms with Crippen molar-refractivity contribution in [3.63, 3.8) is 0 Å². The lowest BCUT2D eigenvalue weighted by atomic mass is 10.1. The minimum atomic E-state index is -4.77. The molecule has 0 spiro atoms. The van der Waals surface area contributed by atoms with Gasteiger partial charge in [0.05, 0.1) is 12.1 Å². The van der Waals surface area contributed by atoms with Gasteiger partial charge in [0, 0.05) is 11.8 Å². The maximum atomic E-state index is 13.4. The van der Waals surface area contributed by atoms with E-state index < -0.39 is 42.7 Å². The van der Waals surface area contributed by atoms with E-state index in [9.17, 15) is 28.0 Å². The first-order valence-electron chi connectivity index (χ1n) is 9.48. The standard InChI is InChI=1S/C19H17F3N6O4/c1-9(15(24)29)25-10-2-3-11-13(6-10)31-5-4-27-12(7-23)17(26-16(11)27)28-14(19(20,21)22)8-32-18(28)30/h2-3,6,9,14,25H,4-5,8H2,1H3,(H2,24,29)/t9?,14-/m0/s1. The quantitative estimate of drug-likeness (QED) is 0.727. The number of cyclic esters (lactones) is 1. The van der Waals surface area contributed by atoms with Gasteiger partial charge in [-0.05, 0) is 19.1 Å². The van der Waals surface area contributed by atoms with Crippen molar-refractivity contribution >= 4 is 23.5 Å². The summed E-state index contributed by atoms with van der Waals surface area (Å²) in [5.41, 5.74) is 5.97. The van der Waals surface area contributed by atoms with Gasteiger partial charge in [-0.2, -0.15) is 18.4 Å². The van der Waals surface area contributed by atoms with Gasteiger partial charge in [-0.3, -0.25) is 4.79 Å². The summed E-state index contributed by atoms with van der Waals surface area (Å²) in [5.74, 6) is -0.483. The van der Waals surface area contributed by atoms with Crippen LogP contribution in [0.15, 0.2) is 18.2 Å². The van der Waals surface area contributed by atoms with Crippen molar-refractivity contribution in [1.29, 1.82) is 5.26 Å². The van der Waals surface area contributed by atoms with Gasteiger partial charge in [0.2, 0.25) is 5.91 Å². The van der Waals surface area contributed by atoms with Crippen molar-refractivity contribution in [3.8, 4) is 23.2 Å². The molecule has 1 unspecified atom stereocenters. The largest absolute Gasteiger partial charge is 0.491 e. The molecular formula is C19H17F3N6O4. The lowest BCUT2D eigenvalue weighted by molar-refractivity contribution is -0.147. The van der Waals surface area contributed by atoms with Gasteiger partial charge in [0.15, 0.2) is 17.6 Å². The van der Waals surface area contributed by atoms with Crippen LogP contribution in [-0.2, 0) is 16.1 Å². The average Bonchev–Trinajstić information content (AvgIpc) is 3.22. The molecule has 3 heterocycles. The van der Waals surface area contributed by atoms with Crippen LogP contribution >= 0.6 is 0 Å². The van der Waals surface area contributed by atoms with E-state index in [0.717, 1.165) is 0 Å². The Kier molecular flexibility index (Phi) is 5.08. The molecule has 2 aliphatic heterocycles. The highest BCUT2D eigenvalue weighted by Crippen LogP contribution is 2.40. The Morgan fingerprint density at radius 1 is 1.41 bits per heavy atom. The number of fused-ring (bicyclic) bond motifs is 3. The maximum absolute atomic E-state index is 13.4. The second-order valence-electron chi connectivity index (χ2n) is 7.20. The molecule has 1 saturated heterocycles. The first kappa shape index (κ1) is 21.3. The molecule has 168 valence electrons. The van der Waals surface area contributed by atoms with Crippen molar-refractivity contribution in [2.45, 2.75) is 31.7 Å². The molecule has 2 atom stereocenters. The van der Waals surface area contributed by atoms with Gasteiger partial charge in [-0.1, -0.05) is 0 Å². The number of halogens is 3. The van der Waals surface area contributed by atoms with Crippen LogP contribution < -0.4 is 20.7 Å². The molecule has 1 fully saturated rings. The predicted molar refractivity (Wildman–Crippen MR) is 104 cm³/mol. The van der Waals surface area contributed by atoms with Crippen LogP contribution in [0.5, 0.6) is 5.75 Å². The molecule has 4 rings (SSSR count). The molecule has 32 heavy (non-hydrogen) atoms. The first-order valence-corrected chi connectivity index (χ1v) is 9.48. The molecule has 0 bridgehead atoms. The number of carbonyl (C=O) groups is 2. The number of primary amides is 1. The van der Waals surface area contributed by atoms with Crippen LogP contribution in [0.25, 0.3) is 11.4 Å². The number of nitrogens with one attached hydrogen (secondary N) is 1. The number of alkyl halides is 3. The molecule has 0 saturated carbocycles. The number of ether oxygens (including phenoxy) is 2. The number of hydrogen-bond donors (Lipinski definition) is 2. The Hall–Kier alpha value is -3.95. The smallest absolute Gasteiger partial charge is 0.416 e. The molecule has 1 aromatic carbocycles. The summed E-state index contributed by atoms with van der Waals surface area (Å²) in [4.78, 5) is 28.0. The summed E-state index contributed by atoms with van der Waals surface area (Å²) in [5, 5.41) is 12.6. The summed E-state index contributed by atoms with van der Waals surface area (Å²) >= 11 is 0. The van der Waals surface area contributed by atoms with Crippen molar-refractivity contribution in [2.24, 2.45) is 5.73 Å². The van der Waals surface area contributed by atoms with Gasteiger partial charge in [-0.15, -0.1) is 0 Å². The van der Waals surface area contributed by atoms with Crippen LogP contribution in [0.2, 0.25) is 0 Å². The molecule has 0 aliphatic carbocycles. The summed E-state index contributed by atoms with van der Waals surface area (Å²) in [6, 6.07) is 3.73. The van der Waals surface area contributed by atoms with Gasteiger partial charge in [0.25, 0.3) is 0 Å². The van der Waals surface area contributed by atoms with E-state index in [4.69, 9.17) is 10.5 Å². The molecule has 0 radical (unpaired) electrons. The number of nitrogens with zero attached hydrogens (tertiary/aromatic N) is 4. The predicted octanol–water partition coefficient (Wildman–Crippen LogP) is 1.99. The zero-order valence-corrected chi connectivity index (χ0v) is 16.6. The average molecular weight is 450 g/mol. The summed E-state index contributed by atoms with van der Waals surface area (Å²) < 4.78 is 52.1. The number of rotatable bonds is 4. The molecule has 2 aromatic rings. The number of nitriles is 1. The number of anilines is 2. The molecule has 1 aromatic heterocycles.